The topological polar surface area (TPSA) is 127 Å². The third kappa shape index (κ3) is 9.52. The van der Waals surface area contributed by atoms with Gasteiger partial charge in [0.2, 0.25) is 5.88 Å². The van der Waals surface area contributed by atoms with Crippen LogP contribution in [-0.2, 0) is 10.9 Å². The van der Waals surface area contributed by atoms with Crippen LogP contribution in [0, 0.1) is 0 Å². The number of hydrogen-bond donors (Lipinski definition) is 3. The van der Waals surface area contributed by atoms with Crippen LogP contribution in [-0.4, -0.2) is 71.0 Å². The van der Waals surface area contributed by atoms with Crippen molar-refractivity contribution in [1.29, 1.82) is 0 Å². The highest BCUT2D eigenvalue weighted by molar-refractivity contribution is 5.91. The minimum Gasteiger partial charge on any atom is -0.488 e. The lowest BCUT2D eigenvalue weighted by molar-refractivity contribution is -0.137. The average Bonchev–Trinajstić information content (AvgIpc) is 2.94. The lowest BCUT2D eigenvalue weighted by Gasteiger charge is -2.34. The fourth-order valence-electron chi connectivity index (χ4n) is 4.95. The Balaban J connectivity index is 1.32. The van der Waals surface area contributed by atoms with Crippen molar-refractivity contribution in [3.63, 3.8) is 0 Å². The summed E-state index contributed by atoms with van der Waals surface area (Å²) in [6.45, 7) is 6.12. The highest BCUT2D eigenvalue weighted by Crippen LogP contribution is 2.36. The normalized spacial score (nSPS) is 19.7. The molecule has 2 aromatic rings. The third-order valence-corrected chi connectivity index (χ3v) is 7.14. The van der Waals surface area contributed by atoms with Crippen molar-refractivity contribution in [2.75, 3.05) is 30.8 Å². The van der Waals surface area contributed by atoms with E-state index in [1.165, 1.54) is 12.4 Å². The SMILES string of the molecule is CNc1cc(OC2CCC(NC(=O)Nc3cc(C(F)(F)F)ccc3OC3CCN(C(=O)OC(C)(C)C)CC3)CC2)ncn1. The molecule has 2 aliphatic rings. The largest absolute Gasteiger partial charge is 0.488 e. The number of ether oxygens (including phenoxy) is 3. The number of piperidine rings is 1. The summed E-state index contributed by atoms with van der Waals surface area (Å²) >= 11 is 0. The van der Waals surface area contributed by atoms with Crippen molar-refractivity contribution in [1.82, 2.24) is 20.2 Å². The van der Waals surface area contributed by atoms with E-state index in [0.29, 0.717) is 63.3 Å². The predicted molar refractivity (Wildman–Crippen MR) is 153 cm³/mol. The maximum absolute atomic E-state index is 13.5. The van der Waals surface area contributed by atoms with E-state index < -0.39 is 29.5 Å². The number of urea groups is 1. The summed E-state index contributed by atoms with van der Waals surface area (Å²) in [5.41, 5.74) is -1.60. The molecule has 236 valence electrons. The van der Waals surface area contributed by atoms with Gasteiger partial charge in [-0.25, -0.2) is 19.6 Å². The molecular weight excluding hydrogens is 569 g/mol. The molecule has 1 saturated carbocycles. The maximum atomic E-state index is 13.5. The molecule has 3 amide bonds. The Morgan fingerprint density at radius 2 is 1.60 bits per heavy atom. The highest BCUT2D eigenvalue weighted by atomic mass is 19.4. The zero-order valence-electron chi connectivity index (χ0n) is 24.8. The van der Waals surface area contributed by atoms with Crippen molar-refractivity contribution < 1.29 is 37.0 Å². The van der Waals surface area contributed by atoms with Crippen LogP contribution in [0.4, 0.5) is 34.3 Å². The number of hydrogen-bond acceptors (Lipinski definition) is 8. The summed E-state index contributed by atoms with van der Waals surface area (Å²) in [7, 11) is 1.75. The third-order valence-electron chi connectivity index (χ3n) is 7.14. The number of likely N-dealkylation sites (tertiary alicyclic amines) is 1. The molecule has 0 bridgehead atoms. The van der Waals surface area contributed by atoms with Gasteiger partial charge in [-0.2, -0.15) is 13.2 Å². The van der Waals surface area contributed by atoms with Crippen LogP contribution in [0.3, 0.4) is 0 Å². The molecule has 2 fully saturated rings. The standard InChI is InChI=1S/C29H39F3N6O5/c1-28(2,3)43-27(40)38-13-11-21(12-14-38)41-23-10-5-18(29(30,31)32)15-22(23)37-26(39)36-19-6-8-20(9-7-19)42-25-16-24(33-4)34-17-35-25/h5,10,15-17,19-21H,6-9,11-14H2,1-4H3,(H,33,34,35)(H2,36,37,39). The molecule has 0 radical (unpaired) electrons. The first-order chi connectivity index (χ1) is 20.3. The number of nitrogens with zero attached hydrogens (tertiary/aromatic N) is 3. The summed E-state index contributed by atoms with van der Waals surface area (Å²) in [4.78, 5) is 35.0. The van der Waals surface area contributed by atoms with E-state index in [0.717, 1.165) is 12.1 Å². The van der Waals surface area contributed by atoms with Crippen LogP contribution in [0.5, 0.6) is 11.6 Å². The lowest BCUT2D eigenvalue weighted by Crippen LogP contribution is -2.44. The van der Waals surface area contributed by atoms with Gasteiger partial charge in [-0.3, -0.25) is 0 Å². The van der Waals surface area contributed by atoms with Crippen molar-refractivity contribution in [3.8, 4) is 11.6 Å². The van der Waals surface area contributed by atoms with Gasteiger partial charge < -0.3 is 35.1 Å². The molecule has 3 N–H and O–H groups in total. The summed E-state index contributed by atoms with van der Waals surface area (Å²) in [6.07, 6.45) is -0.513. The first-order valence-corrected chi connectivity index (χ1v) is 14.4. The molecule has 0 atom stereocenters. The van der Waals surface area contributed by atoms with Gasteiger partial charge in [0.05, 0.1) is 11.3 Å². The van der Waals surface area contributed by atoms with E-state index in [2.05, 4.69) is 25.9 Å². The quantitative estimate of drug-likeness (QED) is 0.359. The highest BCUT2D eigenvalue weighted by Gasteiger charge is 2.33. The molecule has 0 spiro atoms. The van der Waals surface area contributed by atoms with Gasteiger partial charge in [-0.15, -0.1) is 0 Å². The van der Waals surface area contributed by atoms with Crippen LogP contribution in [0.2, 0.25) is 0 Å². The number of benzene rings is 1. The maximum Gasteiger partial charge on any atom is 0.416 e. The zero-order valence-corrected chi connectivity index (χ0v) is 24.8. The Kier molecular flexibility index (Phi) is 10.1. The van der Waals surface area contributed by atoms with E-state index in [4.69, 9.17) is 14.2 Å². The second-order valence-electron chi connectivity index (χ2n) is 11.7. The van der Waals surface area contributed by atoms with E-state index in [1.807, 2.05) is 0 Å². The van der Waals surface area contributed by atoms with Crippen LogP contribution in [0.25, 0.3) is 0 Å². The second-order valence-corrected chi connectivity index (χ2v) is 11.7. The number of carbonyl (C=O) groups excluding carboxylic acids is 2. The minimum absolute atomic E-state index is 0.0778. The van der Waals surface area contributed by atoms with Crippen LogP contribution < -0.4 is 25.4 Å². The number of nitrogens with one attached hydrogen (secondary N) is 3. The van der Waals surface area contributed by atoms with Gasteiger partial charge >= 0.3 is 18.3 Å². The molecule has 1 aromatic carbocycles. The molecule has 1 aromatic heterocycles. The molecule has 0 unspecified atom stereocenters. The van der Waals surface area contributed by atoms with Crippen LogP contribution in [0.1, 0.15) is 64.9 Å². The summed E-state index contributed by atoms with van der Waals surface area (Å²) in [6, 6.07) is 3.92. The number of amides is 3. The number of alkyl halides is 3. The molecule has 2 heterocycles. The molecule has 14 heteroatoms. The predicted octanol–water partition coefficient (Wildman–Crippen LogP) is 5.83. The number of aromatic nitrogens is 2. The number of carbonyl (C=O) groups is 2. The molecule has 11 nitrogen and oxygen atoms in total. The Hall–Kier alpha value is -3.97. The molecule has 1 aliphatic carbocycles. The smallest absolute Gasteiger partial charge is 0.416 e. The van der Waals surface area contributed by atoms with Crippen molar-refractivity contribution >= 4 is 23.6 Å². The first-order valence-electron chi connectivity index (χ1n) is 14.4. The Labute approximate surface area is 248 Å². The van der Waals surface area contributed by atoms with Crippen molar-refractivity contribution in [3.05, 3.63) is 36.2 Å². The summed E-state index contributed by atoms with van der Waals surface area (Å²) in [5.74, 6) is 1.23. The van der Waals surface area contributed by atoms with Gasteiger partial charge in [0.25, 0.3) is 0 Å². The molecule has 4 rings (SSSR count). The monoisotopic (exact) mass is 608 g/mol. The fraction of sp³-hybridized carbons (Fsp3) is 0.586. The fourth-order valence-corrected chi connectivity index (χ4v) is 4.95. The lowest BCUT2D eigenvalue weighted by atomic mass is 9.93. The Bertz CT molecular complexity index is 1260. The summed E-state index contributed by atoms with van der Waals surface area (Å²) in [5, 5.41) is 8.35. The number of halogens is 3. The Morgan fingerprint density at radius 1 is 0.930 bits per heavy atom. The van der Waals surface area contributed by atoms with E-state index >= 15 is 0 Å². The van der Waals surface area contributed by atoms with E-state index in [9.17, 15) is 22.8 Å². The molecule has 43 heavy (non-hydrogen) atoms. The summed E-state index contributed by atoms with van der Waals surface area (Å²) < 4.78 is 57.9. The van der Waals surface area contributed by atoms with Gasteiger partial charge in [0, 0.05) is 45.1 Å². The van der Waals surface area contributed by atoms with Gasteiger partial charge in [0.15, 0.2) is 0 Å². The van der Waals surface area contributed by atoms with Crippen LogP contribution in [0.15, 0.2) is 30.6 Å². The molecule has 1 saturated heterocycles. The van der Waals surface area contributed by atoms with Crippen molar-refractivity contribution in [2.24, 2.45) is 0 Å². The Morgan fingerprint density at radius 3 is 2.23 bits per heavy atom. The number of rotatable bonds is 7. The van der Waals surface area contributed by atoms with Gasteiger partial charge in [-0.1, -0.05) is 0 Å². The van der Waals surface area contributed by atoms with E-state index in [1.54, 1.807) is 38.8 Å². The van der Waals surface area contributed by atoms with Gasteiger partial charge in [0.1, 0.15) is 35.7 Å². The second kappa shape index (κ2) is 13.6. The molecule has 1 aliphatic heterocycles. The van der Waals surface area contributed by atoms with Crippen LogP contribution >= 0.6 is 0 Å². The zero-order chi connectivity index (χ0) is 31.2. The first kappa shape index (κ1) is 32.0. The average molecular weight is 609 g/mol. The van der Waals surface area contributed by atoms with Crippen molar-refractivity contribution in [2.45, 2.75) is 89.3 Å². The number of anilines is 2. The minimum atomic E-state index is -4.60. The van der Waals surface area contributed by atoms with E-state index in [-0.39, 0.29) is 29.7 Å². The van der Waals surface area contributed by atoms with Gasteiger partial charge in [-0.05, 0) is 64.7 Å². The molecular formula is C29H39F3N6O5.